The van der Waals surface area contributed by atoms with Gasteiger partial charge in [0.15, 0.2) is 5.76 Å². The van der Waals surface area contributed by atoms with Crippen molar-refractivity contribution in [3.63, 3.8) is 0 Å². The van der Waals surface area contributed by atoms with Gasteiger partial charge in [0.2, 0.25) is 0 Å². The van der Waals surface area contributed by atoms with Crippen LogP contribution in [0, 0.1) is 0 Å². The summed E-state index contributed by atoms with van der Waals surface area (Å²) in [6.45, 7) is 10.5. The van der Waals surface area contributed by atoms with Gasteiger partial charge in [0.25, 0.3) is 0 Å². The minimum absolute atomic E-state index is 0. The number of furan rings is 1. The Kier molecular flexibility index (Phi) is 12.7. The monoisotopic (exact) mass is 600 g/mol. The Morgan fingerprint density at radius 2 is 1.44 bits per heavy atom. The summed E-state index contributed by atoms with van der Waals surface area (Å²) in [6.07, 6.45) is 5.36. The van der Waals surface area contributed by atoms with E-state index in [4.69, 9.17) is 4.42 Å². The van der Waals surface area contributed by atoms with Crippen molar-refractivity contribution < 1.29 is 61.3 Å². The molecule has 1 unspecified atom stereocenters. The third-order valence-electron chi connectivity index (χ3n) is 5.85. The molecule has 0 saturated carbocycles. The lowest BCUT2D eigenvalue weighted by atomic mass is 10.1. The Hall–Kier alpha value is 0.140. The molecule has 0 aliphatic carbocycles. The number of quaternary nitrogens is 2. The highest BCUT2D eigenvalue weighted by Gasteiger charge is 2.21. The fourth-order valence-corrected chi connectivity index (χ4v) is 3.39. The van der Waals surface area contributed by atoms with Gasteiger partial charge in [-0.1, -0.05) is 18.2 Å². The van der Waals surface area contributed by atoms with Crippen molar-refractivity contribution in [2.75, 3.05) is 47.3 Å². The lowest BCUT2D eigenvalue weighted by molar-refractivity contribution is -0.922. The smallest absolute Gasteiger partial charge is 0.159 e. The van der Waals surface area contributed by atoms with Gasteiger partial charge in [0.05, 0.1) is 47.3 Å². The van der Waals surface area contributed by atoms with Gasteiger partial charge in [-0.3, -0.25) is 0 Å². The standard InChI is InChI=1S/C22H38N2O.2HI/c1-6-23(3,4)16-12-8-9-13-17-24(5,7-2)19-21-18-20-14-10-11-15-22(20)25-21;;/h10-11,14-15,18H,6-9,12-13,16-17,19H2,1-5H3;2*1H/q+2;;/p-2. The molecule has 156 valence electrons. The molecular weight excluding hydrogens is 562 g/mol. The molecule has 0 aliphatic heterocycles. The number of hydrogen-bond donors (Lipinski definition) is 0. The van der Waals surface area contributed by atoms with E-state index in [-0.39, 0.29) is 48.0 Å². The highest BCUT2D eigenvalue weighted by molar-refractivity contribution is 5.77. The lowest BCUT2D eigenvalue weighted by Gasteiger charge is -2.32. The summed E-state index contributed by atoms with van der Waals surface area (Å²) in [7, 11) is 7.03. The van der Waals surface area contributed by atoms with Crippen LogP contribution in [-0.4, -0.2) is 56.3 Å². The van der Waals surface area contributed by atoms with Crippen molar-refractivity contribution in [2.24, 2.45) is 0 Å². The molecule has 2 aromatic rings. The molecule has 3 nitrogen and oxygen atoms in total. The normalized spacial score (nSPS) is 13.7. The molecule has 2 rings (SSSR count). The third kappa shape index (κ3) is 9.00. The Bertz CT molecular complexity index is 624. The molecule has 27 heavy (non-hydrogen) atoms. The zero-order chi connectivity index (χ0) is 18.3. The molecule has 1 atom stereocenters. The zero-order valence-corrected chi connectivity index (χ0v) is 22.1. The maximum absolute atomic E-state index is 6.04. The molecule has 0 amide bonds. The van der Waals surface area contributed by atoms with Crippen LogP contribution >= 0.6 is 0 Å². The molecule has 0 radical (unpaired) electrons. The van der Waals surface area contributed by atoms with Crippen LogP contribution in [0.5, 0.6) is 0 Å². The molecule has 0 spiro atoms. The second kappa shape index (κ2) is 12.6. The largest absolute Gasteiger partial charge is 1.00 e. The maximum atomic E-state index is 6.04. The summed E-state index contributed by atoms with van der Waals surface area (Å²) in [5.74, 6) is 1.12. The Morgan fingerprint density at radius 3 is 2.04 bits per heavy atom. The highest BCUT2D eigenvalue weighted by Crippen LogP contribution is 2.22. The molecule has 1 aromatic heterocycles. The molecule has 0 fully saturated rings. The van der Waals surface area contributed by atoms with Crippen LogP contribution in [0.3, 0.4) is 0 Å². The van der Waals surface area contributed by atoms with Gasteiger partial charge in [-0.05, 0) is 51.7 Å². The number of rotatable bonds is 11. The minimum Gasteiger partial charge on any atom is -1.00 e. The predicted octanol–water partition coefficient (Wildman–Crippen LogP) is -0.936. The molecule has 1 aromatic carbocycles. The number of benzene rings is 1. The van der Waals surface area contributed by atoms with Gasteiger partial charge in [0, 0.05) is 5.39 Å². The summed E-state index contributed by atoms with van der Waals surface area (Å²) in [6, 6.07) is 10.5. The molecule has 0 saturated heterocycles. The van der Waals surface area contributed by atoms with Crippen molar-refractivity contribution in [1.82, 2.24) is 0 Å². The van der Waals surface area contributed by atoms with E-state index in [1.54, 1.807) is 0 Å². The Labute approximate surface area is 200 Å². The maximum Gasteiger partial charge on any atom is 0.159 e. The highest BCUT2D eigenvalue weighted by atomic mass is 127. The van der Waals surface area contributed by atoms with Gasteiger partial charge in [-0.2, -0.15) is 0 Å². The number of hydrogen-bond acceptors (Lipinski definition) is 1. The van der Waals surface area contributed by atoms with Crippen LogP contribution in [-0.2, 0) is 6.54 Å². The van der Waals surface area contributed by atoms with Crippen molar-refractivity contribution in [2.45, 2.75) is 46.1 Å². The van der Waals surface area contributed by atoms with Gasteiger partial charge < -0.3 is 61.3 Å². The molecular formula is C22H38I2N2O. The van der Waals surface area contributed by atoms with Crippen molar-refractivity contribution in [1.29, 1.82) is 0 Å². The van der Waals surface area contributed by atoms with E-state index in [2.05, 4.69) is 59.3 Å². The average molecular weight is 600 g/mol. The third-order valence-corrected chi connectivity index (χ3v) is 5.85. The van der Waals surface area contributed by atoms with E-state index in [1.165, 1.54) is 50.7 Å². The fourth-order valence-electron chi connectivity index (χ4n) is 3.39. The van der Waals surface area contributed by atoms with Crippen LogP contribution in [0.4, 0.5) is 0 Å². The summed E-state index contributed by atoms with van der Waals surface area (Å²) in [5, 5.41) is 1.22. The van der Waals surface area contributed by atoms with Crippen LogP contribution in [0.25, 0.3) is 11.0 Å². The number of para-hydroxylation sites is 1. The molecule has 0 N–H and O–H groups in total. The van der Waals surface area contributed by atoms with Crippen LogP contribution in [0.15, 0.2) is 34.7 Å². The van der Waals surface area contributed by atoms with E-state index >= 15 is 0 Å². The summed E-state index contributed by atoms with van der Waals surface area (Å²) < 4.78 is 8.26. The van der Waals surface area contributed by atoms with E-state index in [9.17, 15) is 0 Å². The van der Waals surface area contributed by atoms with E-state index in [0.717, 1.165) is 33.4 Å². The molecule has 0 aliphatic rings. The zero-order valence-electron chi connectivity index (χ0n) is 17.8. The molecule has 0 bridgehead atoms. The number of fused-ring (bicyclic) bond motifs is 1. The SMILES string of the molecule is CC[N+](C)(C)CCCCCC[N+](C)(CC)Cc1cc2ccccc2o1.[I-].[I-]. The first-order valence-corrected chi connectivity index (χ1v) is 10.0. The molecule has 5 heteroatoms. The van der Waals surface area contributed by atoms with Crippen molar-refractivity contribution >= 4 is 11.0 Å². The average Bonchev–Trinajstić information content (AvgIpc) is 2.99. The van der Waals surface area contributed by atoms with Gasteiger partial charge in [0.1, 0.15) is 12.1 Å². The number of nitrogens with zero attached hydrogens (tertiary/aromatic N) is 2. The number of unbranched alkanes of at least 4 members (excludes halogenated alkanes) is 3. The first-order valence-electron chi connectivity index (χ1n) is 10.0. The Balaban J connectivity index is 0.00000338. The van der Waals surface area contributed by atoms with Gasteiger partial charge in [-0.25, -0.2) is 0 Å². The topological polar surface area (TPSA) is 13.1 Å². The summed E-state index contributed by atoms with van der Waals surface area (Å²) in [4.78, 5) is 0. The second-order valence-corrected chi connectivity index (χ2v) is 8.46. The van der Waals surface area contributed by atoms with E-state index in [0.29, 0.717) is 0 Å². The summed E-state index contributed by atoms with van der Waals surface area (Å²) >= 11 is 0. The fraction of sp³-hybridized carbons (Fsp3) is 0.636. The quantitative estimate of drug-likeness (QED) is 0.185. The lowest BCUT2D eigenvalue weighted by Crippen LogP contribution is -3.00. The molecule has 1 heterocycles. The van der Waals surface area contributed by atoms with E-state index < -0.39 is 0 Å². The first kappa shape index (κ1) is 27.1. The number of halogens is 2. The predicted molar refractivity (Wildman–Crippen MR) is 107 cm³/mol. The van der Waals surface area contributed by atoms with Gasteiger partial charge >= 0.3 is 0 Å². The van der Waals surface area contributed by atoms with Crippen molar-refractivity contribution in [3.05, 3.63) is 36.1 Å². The van der Waals surface area contributed by atoms with Crippen LogP contribution in [0.2, 0.25) is 0 Å². The second-order valence-electron chi connectivity index (χ2n) is 8.46. The Morgan fingerprint density at radius 1 is 0.815 bits per heavy atom. The van der Waals surface area contributed by atoms with Crippen LogP contribution in [0.1, 0.15) is 45.3 Å². The van der Waals surface area contributed by atoms with E-state index in [1.807, 2.05) is 6.07 Å². The first-order chi connectivity index (χ1) is 11.9. The van der Waals surface area contributed by atoms with Crippen molar-refractivity contribution in [3.8, 4) is 0 Å². The minimum atomic E-state index is 0. The van der Waals surface area contributed by atoms with Crippen LogP contribution < -0.4 is 48.0 Å². The van der Waals surface area contributed by atoms with Gasteiger partial charge in [-0.15, -0.1) is 0 Å². The summed E-state index contributed by atoms with van der Waals surface area (Å²) in [5.41, 5.74) is 1.01.